The van der Waals surface area contributed by atoms with E-state index in [0.29, 0.717) is 25.3 Å². The standard InChI is InChI=1S/C17H21FN2O2/c1-17(2,3)15-9-10-16(21)20(19-15)11-4-12-22-14-7-5-13(18)6-8-14/h5-10H,4,11-12H2,1-3H3. The summed E-state index contributed by atoms with van der Waals surface area (Å²) in [5.41, 5.74) is 0.668. The van der Waals surface area contributed by atoms with E-state index < -0.39 is 0 Å². The molecule has 0 atom stereocenters. The van der Waals surface area contributed by atoms with Crippen molar-refractivity contribution in [3.63, 3.8) is 0 Å². The van der Waals surface area contributed by atoms with Crippen molar-refractivity contribution in [1.29, 1.82) is 0 Å². The molecule has 22 heavy (non-hydrogen) atoms. The predicted molar refractivity (Wildman–Crippen MR) is 83.7 cm³/mol. The molecule has 0 aliphatic heterocycles. The van der Waals surface area contributed by atoms with Crippen LogP contribution < -0.4 is 10.3 Å². The van der Waals surface area contributed by atoms with E-state index in [2.05, 4.69) is 25.9 Å². The molecule has 0 spiro atoms. The Morgan fingerprint density at radius 3 is 2.45 bits per heavy atom. The Hall–Kier alpha value is -2.17. The van der Waals surface area contributed by atoms with E-state index in [1.807, 2.05) is 0 Å². The number of ether oxygens (including phenoxy) is 1. The largest absolute Gasteiger partial charge is 0.494 e. The molecule has 0 saturated heterocycles. The average Bonchev–Trinajstić information content (AvgIpc) is 2.46. The van der Waals surface area contributed by atoms with E-state index in [4.69, 9.17) is 4.74 Å². The minimum atomic E-state index is -0.290. The van der Waals surface area contributed by atoms with Gasteiger partial charge in [-0.15, -0.1) is 0 Å². The molecule has 0 unspecified atom stereocenters. The van der Waals surface area contributed by atoms with Crippen LogP contribution in [0.3, 0.4) is 0 Å². The lowest BCUT2D eigenvalue weighted by atomic mass is 9.92. The van der Waals surface area contributed by atoms with E-state index in [-0.39, 0.29) is 16.8 Å². The number of halogens is 1. The highest BCUT2D eigenvalue weighted by atomic mass is 19.1. The molecule has 4 nitrogen and oxygen atoms in total. The second-order valence-corrected chi connectivity index (χ2v) is 6.19. The Bertz CT molecular complexity index is 672. The maximum absolute atomic E-state index is 12.8. The van der Waals surface area contributed by atoms with Crippen LogP contribution in [0, 0.1) is 5.82 Å². The summed E-state index contributed by atoms with van der Waals surface area (Å²) in [6.07, 6.45) is 0.651. The fourth-order valence-electron chi connectivity index (χ4n) is 1.94. The van der Waals surface area contributed by atoms with Gasteiger partial charge >= 0.3 is 0 Å². The molecule has 0 fully saturated rings. The van der Waals surface area contributed by atoms with Crippen molar-refractivity contribution in [3.8, 4) is 5.75 Å². The minimum absolute atomic E-state index is 0.0972. The van der Waals surface area contributed by atoms with Gasteiger partial charge in [-0.05, 0) is 30.3 Å². The van der Waals surface area contributed by atoms with Crippen LogP contribution >= 0.6 is 0 Å². The number of nitrogens with zero attached hydrogens (tertiary/aromatic N) is 2. The number of hydrogen-bond acceptors (Lipinski definition) is 3. The zero-order chi connectivity index (χ0) is 16.2. The fraction of sp³-hybridized carbons (Fsp3) is 0.412. The lowest BCUT2D eigenvalue weighted by molar-refractivity contribution is 0.295. The Morgan fingerprint density at radius 1 is 1.14 bits per heavy atom. The van der Waals surface area contributed by atoms with Crippen LogP contribution in [-0.2, 0) is 12.0 Å². The molecule has 2 rings (SSSR count). The molecule has 118 valence electrons. The van der Waals surface area contributed by atoms with Crippen molar-refractivity contribution < 1.29 is 9.13 Å². The number of benzene rings is 1. The lowest BCUT2D eigenvalue weighted by Gasteiger charge is -2.18. The van der Waals surface area contributed by atoms with Crippen molar-refractivity contribution >= 4 is 0 Å². The Balaban J connectivity index is 1.91. The molecular weight excluding hydrogens is 283 g/mol. The monoisotopic (exact) mass is 304 g/mol. The average molecular weight is 304 g/mol. The summed E-state index contributed by atoms with van der Waals surface area (Å²) >= 11 is 0. The maximum Gasteiger partial charge on any atom is 0.266 e. The number of hydrogen-bond donors (Lipinski definition) is 0. The highest BCUT2D eigenvalue weighted by molar-refractivity contribution is 5.21. The van der Waals surface area contributed by atoms with Crippen LogP contribution in [0.4, 0.5) is 4.39 Å². The first kappa shape index (κ1) is 16.2. The third kappa shape index (κ3) is 4.41. The maximum atomic E-state index is 12.8. The molecule has 1 aromatic heterocycles. The zero-order valence-electron chi connectivity index (χ0n) is 13.2. The van der Waals surface area contributed by atoms with Crippen LogP contribution in [-0.4, -0.2) is 16.4 Å². The van der Waals surface area contributed by atoms with E-state index in [1.165, 1.54) is 16.8 Å². The van der Waals surface area contributed by atoms with Gasteiger partial charge in [0, 0.05) is 24.4 Å². The van der Waals surface area contributed by atoms with E-state index in [0.717, 1.165) is 5.69 Å². The molecule has 1 heterocycles. The summed E-state index contributed by atoms with van der Waals surface area (Å²) in [4.78, 5) is 11.8. The molecule has 0 saturated carbocycles. The van der Waals surface area contributed by atoms with E-state index in [1.54, 1.807) is 24.3 Å². The van der Waals surface area contributed by atoms with Gasteiger partial charge in [-0.1, -0.05) is 20.8 Å². The van der Waals surface area contributed by atoms with Gasteiger partial charge in [0.15, 0.2) is 0 Å². The fourth-order valence-corrected chi connectivity index (χ4v) is 1.94. The highest BCUT2D eigenvalue weighted by Crippen LogP contribution is 2.18. The summed E-state index contributed by atoms with van der Waals surface area (Å²) in [5.74, 6) is 0.326. The van der Waals surface area contributed by atoms with Crippen molar-refractivity contribution in [2.75, 3.05) is 6.61 Å². The third-order valence-corrected chi connectivity index (χ3v) is 3.23. The van der Waals surface area contributed by atoms with Crippen LogP contribution in [0.2, 0.25) is 0 Å². The number of aromatic nitrogens is 2. The third-order valence-electron chi connectivity index (χ3n) is 3.23. The Labute approximate surface area is 129 Å². The molecule has 0 N–H and O–H groups in total. The van der Waals surface area contributed by atoms with E-state index in [9.17, 15) is 9.18 Å². The van der Waals surface area contributed by atoms with Crippen LogP contribution in [0.1, 0.15) is 32.9 Å². The van der Waals surface area contributed by atoms with Gasteiger partial charge in [-0.3, -0.25) is 4.79 Å². The first-order chi connectivity index (χ1) is 10.4. The van der Waals surface area contributed by atoms with Crippen LogP contribution in [0.5, 0.6) is 5.75 Å². The quantitative estimate of drug-likeness (QED) is 0.797. The van der Waals surface area contributed by atoms with Gasteiger partial charge in [0.05, 0.1) is 12.3 Å². The first-order valence-electron chi connectivity index (χ1n) is 7.33. The van der Waals surface area contributed by atoms with Crippen molar-refractivity contribution in [2.24, 2.45) is 0 Å². The summed E-state index contributed by atoms with van der Waals surface area (Å²) < 4.78 is 19.8. The molecule has 5 heteroatoms. The summed E-state index contributed by atoms with van der Waals surface area (Å²) in [5, 5.41) is 4.40. The zero-order valence-corrected chi connectivity index (χ0v) is 13.2. The second-order valence-electron chi connectivity index (χ2n) is 6.19. The van der Waals surface area contributed by atoms with Gasteiger partial charge in [0.2, 0.25) is 0 Å². The normalized spacial score (nSPS) is 11.5. The molecular formula is C17H21FN2O2. The second kappa shape index (κ2) is 6.73. The van der Waals surface area contributed by atoms with Gasteiger partial charge in [0.25, 0.3) is 5.56 Å². The van der Waals surface area contributed by atoms with Gasteiger partial charge in [0.1, 0.15) is 11.6 Å². The van der Waals surface area contributed by atoms with Crippen molar-refractivity contribution in [3.05, 3.63) is 58.3 Å². The predicted octanol–water partition coefficient (Wildman–Crippen LogP) is 3.15. The van der Waals surface area contributed by atoms with Crippen molar-refractivity contribution in [1.82, 2.24) is 9.78 Å². The number of rotatable bonds is 5. The first-order valence-corrected chi connectivity index (χ1v) is 7.33. The molecule has 0 amide bonds. The Kier molecular flexibility index (Phi) is 4.96. The Morgan fingerprint density at radius 2 is 1.82 bits per heavy atom. The summed E-state index contributed by atoms with van der Waals surface area (Å²) in [6, 6.07) is 9.20. The van der Waals surface area contributed by atoms with Crippen LogP contribution in [0.25, 0.3) is 0 Å². The molecule has 0 aliphatic carbocycles. The molecule has 2 aromatic rings. The lowest BCUT2D eigenvalue weighted by Crippen LogP contribution is -2.27. The summed E-state index contributed by atoms with van der Waals surface area (Å²) in [6.45, 7) is 7.11. The SMILES string of the molecule is CC(C)(C)c1ccc(=O)n(CCCOc2ccc(F)cc2)n1. The topological polar surface area (TPSA) is 44.1 Å². The molecule has 0 bridgehead atoms. The molecule has 1 aromatic carbocycles. The van der Waals surface area contributed by atoms with Gasteiger partial charge < -0.3 is 4.74 Å². The molecule has 0 radical (unpaired) electrons. The smallest absolute Gasteiger partial charge is 0.266 e. The minimum Gasteiger partial charge on any atom is -0.494 e. The molecule has 0 aliphatic rings. The van der Waals surface area contributed by atoms with Gasteiger partial charge in [-0.25, -0.2) is 9.07 Å². The summed E-state index contributed by atoms with van der Waals surface area (Å²) in [7, 11) is 0. The van der Waals surface area contributed by atoms with Crippen molar-refractivity contribution in [2.45, 2.75) is 39.2 Å². The van der Waals surface area contributed by atoms with E-state index >= 15 is 0 Å². The highest BCUT2D eigenvalue weighted by Gasteiger charge is 2.16. The van der Waals surface area contributed by atoms with Gasteiger partial charge in [-0.2, -0.15) is 5.10 Å². The van der Waals surface area contributed by atoms with Crippen LogP contribution in [0.15, 0.2) is 41.2 Å². The number of aryl methyl sites for hydroxylation is 1.